The number of hydrogen-bond donors (Lipinski definition) is 1. The predicted octanol–water partition coefficient (Wildman–Crippen LogP) is 0.146. The lowest BCUT2D eigenvalue weighted by Gasteiger charge is -2.37. The molecular weight excluding hydrogens is 278 g/mol. The van der Waals surface area contributed by atoms with Crippen LogP contribution in [-0.4, -0.2) is 70.4 Å². The topological polar surface area (TPSA) is 62.1 Å². The van der Waals surface area contributed by atoms with Crippen LogP contribution in [0.5, 0.6) is 0 Å². The Kier molecular flexibility index (Phi) is 3.74. The zero-order chi connectivity index (χ0) is 14.8. The van der Waals surface area contributed by atoms with Crippen molar-refractivity contribution in [2.75, 3.05) is 44.2 Å². The van der Waals surface area contributed by atoms with Crippen LogP contribution in [0, 0.1) is 0 Å². The molecule has 1 atom stereocenters. The lowest BCUT2D eigenvalue weighted by Crippen LogP contribution is -2.51. The minimum atomic E-state index is 0.701. The number of tetrazole rings is 1. The molecule has 1 unspecified atom stereocenters. The molecule has 2 aliphatic rings. The molecule has 2 saturated heterocycles. The second kappa shape index (κ2) is 6.02. The van der Waals surface area contributed by atoms with Crippen molar-refractivity contribution in [3.63, 3.8) is 0 Å². The van der Waals surface area contributed by atoms with Crippen LogP contribution < -0.4 is 10.2 Å². The summed E-state index contributed by atoms with van der Waals surface area (Å²) < 4.78 is 1.83. The van der Waals surface area contributed by atoms with E-state index in [1.807, 2.05) is 35.0 Å². The molecule has 2 aliphatic heterocycles. The van der Waals surface area contributed by atoms with E-state index in [0.29, 0.717) is 6.04 Å². The minimum absolute atomic E-state index is 0.701. The molecule has 7 heteroatoms. The molecule has 116 valence electrons. The Bertz CT molecular complexity index is 597. The van der Waals surface area contributed by atoms with Gasteiger partial charge in [0.2, 0.25) is 5.95 Å². The molecule has 0 bridgehead atoms. The monoisotopic (exact) mass is 299 g/mol. The highest BCUT2D eigenvalue weighted by atomic mass is 15.6. The van der Waals surface area contributed by atoms with Crippen LogP contribution in [0.25, 0.3) is 5.69 Å². The standard InChI is InChI=1S/C15H21N7/c1-2-4-13(5-3-1)22-15(17-18-19-22)21-10-8-20(9-11-21)14-6-7-16-12-14/h1-5,14,16H,6-12H2. The van der Waals surface area contributed by atoms with Gasteiger partial charge in [0, 0.05) is 38.8 Å². The normalized spacial score (nSPS) is 23.1. The Morgan fingerprint density at radius 1 is 1.05 bits per heavy atom. The number of piperazine rings is 1. The molecule has 7 nitrogen and oxygen atoms in total. The first-order valence-corrected chi connectivity index (χ1v) is 7.95. The Morgan fingerprint density at radius 3 is 2.59 bits per heavy atom. The molecule has 3 heterocycles. The van der Waals surface area contributed by atoms with Crippen molar-refractivity contribution in [2.45, 2.75) is 12.5 Å². The quantitative estimate of drug-likeness (QED) is 0.870. The van der Waals surface area contributed by atoms with Crippen LogP contribution in [0.4, 0.5) is 5.95 Å². The van der Waals surface area contributed by atoms with Crippen molar-refractivity contribution in [1.82, 2.24) is 30.4 Å². The summed E-state index contributed by atoms with van der Waals surface area (Å²) in [6.07, 6.45) is 1.27. The summed E-state index contributed by atoms with van der Waals surface area (Å²) in [6.45, 7) is 6.38. The Balaban J connectivity index is 1.47. The molecule has 1 aromatic heterocycles. The summed E-state index contributed by atoms with van der Waals surface area (Å²) in [5.41, 5.74) is 1.00. The lowest BCUT2D eigenvalue weighted by molar-refractivity contribution is 0.195. The smallest absolute Gasteiger partial charge is 0.250 e. The molecule has 0 spiro atoms. The van der Waals surface area contributed by atoms with Crippen LogP contribution in [0.15, 0.2) is 30.3 Å². The van der Waals surface area contributed by atoms with E-state index in [9.17, 15) is 0 Å². The fourth-order valence-corrected chi connectivity index (χ4v) is 3.35. The van der Waals surface area contributed by atoms with Crippen LogP contribution in [0.1, 0.15) is 6.42 Å². The largest absolute Gasteiger partial charge is 0.337 e. The summed E-state index contributed by atoms with van der Waals surface area (Å²) >= 11 is 0. The van der Waals surface area contributed by atoms with Gasteiger partial charge in [-0.25, -0.2) is 0 Å². The first kappa shape index (κ1) is 13.7. The Labute approximate surface area is 129 Å². The molecule has 2 aromatic rings. The van der Waals surface area contributed by atoms with E-state index in [2.05, 4.69) is 30.6 Å². The van der Waals surface area contributed by atoms with Crippen LogP contribution in [-0.2, 0) is 0 Å². The van der Waals surface area contributed by atoms with E-state index in [1.54, 1.807) is 0 Å². The zero-order valence-corrected chi connectivity index (χ0v) is 12.6. The zero-order valence-electron chi connectivity index (χ0n) is 12.6. The third-order valence-corrected chi connectivity index (χ3v) is 4.60. The SMILES string of the molecule is c1ccc(-n2nnnc2N2CCN(C3CCNC3)CC2)cc1. The van der Waals surface area contributed by atoms with Crippen molar-refractivity contribution in [3.8, 4) is 5.69 Å². The van der Waals surface area contributed by atoms with Gasteiger partial charge in [0.05, 0.1) is 5.69 Å². The van der Waals surface area contributed by atoms with Crippen LogP contribution in [0.3, 0.4) is 0 Å². The first-order valence-electron chi connectivity index (χ1n) is 7.95. The predicted molar refractivity (Wildman–Crippen MR) is 84.2 cm³/mol. The number of para-hydroxylation sites is 1. The van der Waals surface area contributed by atoms with Crippen molar-refractivity contribution in [2.24, 2.45) is 0 Å². The fraction of sp³-hybridized carbons (Fsp3) is 0.533. The molecule has 1 N–H and O–H groups in total. The summed E-state index contributed by atoms with van der Waals surface area (Å²) in [7, 11) is 0. The van der Waals surface area contributed by atoms with E-state index >= 15 is 0 Å². The average molecular weight is 299 g/mol. The number of benzene rings is 1. The second-order valence-corrected chi connectivity index (χ2v) is 5.90. The van der Waals surface area contributed by atoms with Gasteiger partial charge in [-0.3, -0.25) is 4.90 Å². The Morgan fingerprint density at radius 2 is 1.86 bits per heavy atom. The minimum Gasteiger partial charge on any atom is -0.337 e. The van der Waals surface area contributed by atoms with E-state index in [4.69, 9.17) is 0 Å². The fourth-order valence-electron chi connectivity index (χ4n) is 3.35. The van der Waals surface area contributed by atoms with Gasteiger partial charge in [-0.2, -0.15) is 4.68 Å². The van der Waals surface area contributed by atoms with E-state index in [-0.39, 0.29) is 0 Å². The van der Waals surface area contributed by atoms with Crippen molar-refractivity contribution < 1.29 is 0 Å². The highest BCUT2D eigenvalue weighted by Crippen LogP contribution is 2.18. The number of nitrogens with one attached hydrogen (secondary N) is 1. The Hall–Kier alpha value is -1.99. The van der Waals surface area contributed by atoms with Gasteiger partial charge >= 0.3 is 0 Å². The van der Waals surface area contributed by atoms with Crippen LogP contribution >= 0.6 is 0 Å². The number of hydrogen-bond acceptors (Lipinski definition) is 6. The molecule has 0 saturated carbocycles. The molecule has 1 aromatic carbocycles. The van der Waals surface area contributed by atoms with Gasteiger partial charge in [-0.15, -0.1) is 0 Å². The third kappa shape index (κ3) is 2.57. The summed E-state index contributed by atoms with van der Waals surface area (Å²) in [5.74, 6) is 0.843. The summed E-state index contributed by atoms with van der Waals surface area (Å²) in [5, 5.41) is 15.7. The summed E-state index contributed by atoms with van der Waals surface area (Å²) in [6, 6.07) is 10.8. The molecular formula is C15H21N7. The van der Waals surface area contributed by atoms with E-state index < -0.39 is 0 Å². The van der Waals surface area contributed by atoms with Gasteiger partial charge < -0.3 is 10.2 Å². The molecule has 0 amide bonds. The second-order valence-electron chi connectivity index (χ2n) is 5.90. The highest BCUT2D eigenvalue weighted by molar-refractivity contribution is 5.40. The number of nitrogens with zero attached hydrogens (tertiary/aromatic N) is 6. The molecule has 0 radical (unpaired) electrons. The van der Waals surface area contributed by atoms with E-state index in [0.717, 1.165) is 50.9 Å². The first-order chi connectivity index (χ1) is 10.9. The molecule has 2 fully saturated rings. The maximum Gasteiger partial charge on any atom is 0.250 e. The maximum atomic E-state index is 4.24. The molecule has 22 heavy (non-hydrogen) atoms. The van der Waals surface area contributed by atoms with Gasteiger partial charge in [-0.1, -0.05) is 23.3 Å². The highest BCUT2D eigenvalue weighted by Gasteiger charge is 2.28. The maximum absolute atomic E-state index is 4.24. The van der Waals surface area contributed by atoms with Crippen molar-refractivity contribution >= 4 is 5.95 Å². The molecule has 4 rings (SSSR count). The number of rotatable bonds is 3. The lowest BCUT2D eigenvalue weighted by atomic mass is 10.2. The summed E-state index contributed by atoms with van der Waals surface area (Å²) in [4.78, 5) is 4.87. The van der Waals surface area contributed by atoms with Gasteiger partial charge in [0.1, 0.15) is 0 Å². The number of aromatic nitrogens is 4. The van der Waals surface area contributed by atoms with Gasteiger partial charge in [0.25, 0.3) is 0 Å². The van der Waals surface area contributed by atoms with Crippen molar-refractivity contribution in [1.29, 1.82) is 0 Å². The van der Waals surface area contributed by atoms with E-state index in [1.165, 1.54) is 6.42 Å². The van der Waals surface area contributed by atoms with Crippen molar-refractivity contribution in [3.05, 3.63) is 30.3 Å². The van der Waals surface area contributed by atoms with Gasteiger partial charge in [0.15, 0.2) is 0 Å². The van der Waals surface area contributed by atoms with Crippen LogP contribution in [0.2, 0.25) is 0 Å². The third-order valence-electron chi connectivity index (χ3n) is 4.60. The van der Waals surface area contributed by atoms with Gasteiger partial charge in [-0.05, 0) is 35.5 Å². The molecule has 0 aliphatic carbocycles. The number of anilines is 1. The average Bonchev–Trinajstić information content (AvgIpc) is 3.28.